The summed E-state index contributed by atoms with van der Waals surface area (Å²) in [4.78, 5) is 0. The highest BCUT2D eigenvalue weighted by Gasteiger charge is 1.96. The lowest BCUT2D eigenvalue weighted by Gasteiger charge is -2.06. The smallest absolute Gasteiger partial charge is 0.272 e. The zero-order valence-corrected chi connectivity index (χ0v) is 9.21. The van der Waals surface area contributed by atoms with Crippen molar-refractivity contribution in [1.82, 2.24) is 0 Å². The predicted molar refractivity (Wildman–Crippen MR) is 65.5 cm³/mol. The molecule has 0 bridgehead atoms. The van der Waals surface area contributed by atoms with Crippen LogP contribution in [-0.2, 0) is 0 Å². The highest BCUT2D eigenvalue weighted by molar-refractivity contribution is 7.89. The van der Waals surface area contributed by atoms with Crippen molar-refractivity contribution in [2.45, 2.75) is 0 Å². The van der Waals surface area contributed by atoms with Gasteiger partial charge in [-0.3, -0.25) is 0 Å². The van der Waals surface area contributed by atoms with Crippen LogP contribution in [0.3, 0.4) is 0 Å². The van der Waals surface area contributed by atoms with Crippen molar-refractivity contribution >= 4 is 23.8 Å². The summed E-state index contributed by atoms with van der Waals surface area (Å²) in [6.45, 7) is 0. The minimum absolute atomic E-state index is 0.156. The highest BCUT2D eigenvalue weighted by atomic mass is 32.2. The van der Waals surface area contributed by atoms with Crippen LogP contribution in [0.2, 0.25) is 0 Å². The minimum atomic E-state index is -0.156. The van der Waals surface area contributed by atoms with E-state index in [0.717, 1.165) is 11.4 Å². The Morgan fingerprint density at radius 3 is 2.12 bits per heavy atom. The number of halogens is 1. The van der Waals surface area contributed by atoms with E-state index in [9.17, 15) is 3.89 Å². The SMILES string of the molecule is FSOc1ccc(Nc2ccccc2)cc1. The molecule has 2 aromatic rings. The minimum Gasteiger partial charge on any atom is -0.397 e. The van der Waals surface area contributed by atoms with Gasteiger partial charge in [-0.05, 0) is 36.4 Å². The number of nitrogens with one attached hydrogen (secondary N) is 1. The Balaban J connectivity index is 2.05. The molecule has 2 aromatic carbocycles. The van der Waals surface area contributed by atoms with E-state index >= 15 is 0 Å². The van der Waals surface area contributed by atoms with Gasteiger partial charge in [-0.1, -0.05) is 18.2 Å². The molecule has 0 aromatic heterocycles. The summed E-state index contributed by atoms with van der Waals surface area (Å²) in [6, 6.07) is 16.9. The fourth-order valence-electron chi connectivity index (χ4n) is 1.32. The van der Waals surface area contributed by atoms with Crippen molar-refractivity contribution in [3.63, 3.8) is 0 Å². The van der Waals surface area contributed by atoms with Crippen LogP contribution in [-0.4, -0.2) is 0 Å². The topological polar surface area (TPSA) is 21.3 Å². The van der Waals surface area contributed by atoms with Crippen LogP contribution in [0.4, 0.5) is 15.3 Å². The molecule has 0 heterocycles. The molecule has 2 nitrogen and oxygen atoms in total. The molecule has 0 unspecified atom stereocenters. The number of hydrogen-bond donors (Lipinski definition) is 1. The van der Waals surface area contributed by atoms with Crippen molar-refractivity contribution in [2.24, 2.45) is 0 Å². The first-order valence-corrected chi connectivity index (χ1v) is 5.40. The molecule has 0 spiro atoms. The molecule has 0 aliphatic heterocycles. The maximum Gasteiger partial charge on any atom is 0.272 e. The molecule has 0 fully saturated rings. The number of hydrogen-bond acceptors (Lipinski definition) is 3. The molecule has 0 saturated carbocycles. The summed E-state index contributed by atoms with van der Waals surface area (Å²) in [5, 5.41) is 3.22. The van der Waals surface area contributed by atoms with Crippen LogP contribution >= 0.6 is 12.4 Å². The van der Waals surface area contributed by atoms with E-state index in [4.69, 9.17) is 0 Å². The summed E-state index contributed by atoms with van der Waals surface area (Å²) >= 11 is -0.156. The molecule has 0 aliphatic rings. The molecule has 0 saturated heterocycles. The highest BCUT2D eigenvalue weighted by Crippen LogP contribution is 2.22. The van der Waals surface area contributed by atoms with Gasteiger partial charge in [0, 0.05) is 11.4 Å². The molecular weight excluding hydrogens is 225 g/mol. The van der Waals surface area contributed by atoms with Gasteiger partial charge in [0.2, 0.25) is 0 Å². The van der Waals surface area contributed by atoms with E-state index in [0.29, 0.717) is 5.75 Å². The zero-order chi connectivity index (χ0) is 11.2. The number of rotatable bonds is 4. The van der Waals surface area contributed by atoms with Crippen LogP contribution < -0.4 is 9.50 Å². The van der Waals surface area contributed by atoms with Gasteiger partial charge in [0.05, 0.1) is 0 Å². The fourth-order valence-corrected chi connectivity index (χ4v) is 1.50. The summed E-state index contributed by atoms with van der Waals surface area (Å²) in [5.41, 5.74) is 1.94. The molecule has 1 N–H and O–H groups in total. The molecule has 0 amide bonds. The van der Waals surface area contributed by atoms with Crippen LogP contribution in [0.15, 0.2) is 54.6 Å². The monoisotopic (exact) mass is 235 g/mol. The quantitative estimate of drug-likeness (QED) is 0.796. The Kier molecular flexibility index (Phi) is 3.66. The molecule has 4 heteroatoms. The fraction of sp³-hybridized carbons (Fsp3) is 0. The molecule has 0 atom stereocenters. The Morgan fingerprint density at radius 1 is 0.875 bits per heavy atom. The predicted octanol–water partition coefficient (Wildman–Crippen LogP) is 4.34. The Labute approximate surface area is 97.9 Å². The van der Waals surface area contributed by atoms with E-state index in [1.54, 1.807) is 12.1 Å². The molecular formula is C12H10FNOS. The Hall–Kier alpha value is -1.68. The number of para-hydroxylation sites is 1. The Bertz CT molecular complexity index is 433. The summed E-state index contributed by atoms with van der Waals surface area (Å²) in [6.07, 6.45) is 0. The lowest BCUT2D eigenvalue weighted by Crippen LogP contribution is -1.89. The van der Waals surface area contributed by atoms with Crippen molar-refractivity contribution in [1.29, 1.82) is 0 Å². The first-order valence-electron chi connectivity index (χ1n) is 4.76. The van der Waals surface area contributed by atoms with Crippen LogP contribution in [0.5, 0.6) is 5.75 Å². The third-order valence-corrected chi connectivity index (χ3v) is 2.30. The van der Waals surface area contributed by atoms with Gasteiger partial charge in [-0.15, -0.1) is 3.89 Å². The maximum atomic E-state index is 11.8. The van der Waals surface area contributed by atoms with Gasteiger partial charge >= 0.3 is 0 Å². The largest absolute Gasteiger partial charge is 0.397 e. The van der Waals surface area contributed by atoms with E-state index in [1.807, 2.05) is 42.5 Å². The summed E-state index contributed by atoms with van der Waals surface area (Å²) in [7, 11) is 0. The van der Waals surface area contributed by atoms with Gasteiger partial charge in [-0.25, -0.2) is 0 Å². The van der Waals surface area contributed by atoms with Crippen molar-refractivity contribution < 1.29 is 8.07 Å². The molecule has 0 radical (unpaired) electrons. The van der Waals surface area contributed by atoms with Crippen LogP contribution in [0, 0.1) is 0 Å². The first-order chi connectivity index (χ1) is 7.88. The van der Waals surface area contributed by atoms with Crippen LogP contribution in [0.25, 0.3) is 0 Å². The average Bonchev–Trinajstić information content (AvgIpc) is 2.33. The molecule has 2 rings (SSSR count). The third kappa shape index (κ3) is 2.90. The van der Waals surface area contributed by atoms with Gasteiger partial charge in [-0.2, -0.15) is 0 Å². The van der Waals surface area contributed by atoms with Gasteiger partial charge in [0.15, 0.2) is 0 Å². The zero-order valence-electron chi connectivity index (χ0n) is 8.39. The van der Waals surface area contributed by atoms with Crippen molar-refractivity contribution in [3.05, 3.63) is 54.6 Å². The van der Waals surface area contributed by atoms with E-state index in [-0.39, 0.29) is 12.4 Å². The van der Waals surface area contributed by atoms with Gasteiger partial charge in [0.25, 0.3) is 12.4 Å². The molecule has 16 heavy (non-hydrogen) atoms. The molecule has 0 aliphatic carbocycles. The first kappa shape index (κ1) is 10.8. The van der Waals surface area contributed by atoms with E-state index in [2.05, 4.69) is 9.50 Å². The van der Waals surface area contributed by atoms with E-state index in [1.165, 1.54) is 0 Å². The maximum absolute atomic E-state index is 11.8. The lowest BCUT2D eigenvalue weighted by molar-refractivity contribution is 0.611. The van der Waals surface area contributed by atoms with Crippen molar-refractivity contribution in [2.75, 3.05) is 5.32 Å². The second-order valence-corrected chi connectivity index (χ2v) is 3.45. The number of benzene rings is 2. The third-order valence-electron chi connectivity index (χ3n) is 2.04. The Morgan fingerprint density at radius 2 is 1.50 bits per heavy atom. The summed E-state index contributed by atoms with van der Waals surface area (Å²) < 4.78 is 16.4. The molecule has 82 valence electrons. The van der Waals surface area contributed by atoms with E-state index < -0.39 is 0 Å². The van der Waals surface area contributed by atoms with Gasteiger partial charge in [0.1, 0.15) is 5.75 Å². The standard InChI is InChI=1S/C12H10FNOS/c13-16-15-12-8-6-11(7-9-12)14-10-4-2-1-3-5-10/h1-9,14H. The van der Waals surface area contributed by atoms with Crippen LogP contribution in [0.1, 0.15) is 0 Å². The van der Waals surface area contributed by atoms with Crippen molar-refractivity contribution in [3.8, 4) is 5.75 Å². The lowest BCUT2D eigenvalue weighted by atomic mass is 10.2. The summed E-state index contributed by atoms with van der Waals surface area (Å²) in [5.74, 6) is 0.492. The normalized spacial score (nSPS) is 9.81. The second-order valence-electron chi connectivity index (χ2n) is 3.16. The van der Waals surface area contributed by atoms with Gasteiger partial charge < -0.3 is 9.50 Å². The second kappa shape index (κ2) is 5.42. The number of anilines is 2. The average molecular weight is 235 g/mol.